The van der Waals surface area contributed by atoms with Crippen LogP contribution in [0.4, 0.5) is 5.69 Å². The van der Waals surface area contributed by atoms with Gasteiger partial charge in [-0.15, -0.1) is 0 Å². The first-order chi connectivity index (χ1) is 8.19. The topological polar surface area (TPSA) is 24.5 Å². The van der Waals surface area contributed by atoms with Crippen molar-refractivity contribution in [2.24, 2.45) is 0 Å². The highest BCUT2D eigenvalue weighted by Gasteiger charge is 2.07. The van der Waals surface area contributed by atoms with Gasteiger partial charge in [-0.3, -0.25) is 0 Å². The predicted octanol–water partition coefficient (Wildman–Crippen LogP) is 2.53. The molecule has 17 heavy (non-hydrogen) atoms. The molecule has 1 N–H and O–H groups in total. The van der Waals surface area contributed by atoms with Gasteiger partial charge in [0, 0.05) is 44.6 Å². The molecule has 0 bridgehead atoms. The zero-order valence-electron chi connectivity index (χ0n) is 10.8. The third kappa shape index (κ3) is 4.54. The Bertz CT molecular complexity index is 344. The van der Waals surface area contributed by atoms with E-state index in [1.807, 2.05) is 19.2 Å². The van der Waals surface area contributed by atoms with Crippen LogP contribution in [0.1, 0.15) is 12.0 Å². The number of ether oxygens (including phenoxy) is 1. The molecular formula is C13H21ClN2O. The van der Waals surface area contributed by atoms with E-state index in [1.165, 1.54) is 11.3 Å². The van der Waals surface area contributed by atoms with Crippen LogP contribution in [0.2, 0.25) is 5.02 Å². The van der Waals surface area contributed by atoms with E-state index in [4.69, 9.17) is 16.3 Å². The molecule has 0 saturated carbocycles. The second-order valence-corrected chi connectivity index (χ2v) is 4.51. The highest BCUT2D eigenvalue weighted by atomic mass is 35.5. The van der Waals surface area contributed by atoms with Crippen molar-refractivity contribution >= 4 is 17.3 Å². The first-order valence-electron chi connectivity index (χ1n) is 5.82. The van der Waals surface area contributed by atoms with Crippen LogP contribution in [0, 0.1) is 0 Å². The Hall–Kier alpha value is -0.770. The first kappa shape index (κ1) is 14.3. The van der Waals surface area contributed by atoms with Crippen molar-refractivity contribution in [3.8, 4) is 0 Å². The van der Waals surface area contributed by atoms with Gasteiger partial charge < -0.3 is 15.0 Å². The summed E-state index contributed by atoms with van der Waals surface area (Å²) in [5, 5.41) is 3.95. The Kier molecular flexibility index (Phi) is 6.34. The highest BCUT2D eigenvalue weighted by Crippen LogP contribution is 2.24. The molecule has 96 valence electrons. The fraction of sp³-hybridized carbons (Fsp3) is 0.538. The maximum atomic E-state index is 6.05. The lowest BCUT2D eigenvalue weighted by molar-refractivity contribution is 0.196. The van der Waals surface area contributed by atoms with Gasteiger partial charge in [0.15, 0.2) is 0 Å². The van der Waals surface area contributed by atoms with Crippen molar-refractivity contribution in [3.63, 3.8) is 0 Å². The Morgan fingerprint density at radius 1 is 1.41 bits per heavy atom. The molecular weight excluding hydrogens is 236 g/mol. The summed E-state index contributed by atoms with van der Waals surface area (Å²) in [6.45, 7) is 2.60. The molecule has 0 saturated heterocycles. The fourth-order valence-electron chi connectivity index (χ4n) is 1.80. The van der Waals surface area contributed by atoms with Gasteiger partial charge in [-0.05, 0) is 31.2 Å². The Labute approximate surface area is 109 Å². The van der Waals surface area contributed by atoms with Gasteiger partial charge in [0.25, 0.3) is 0 Å². The number of anilines is 1. The van der Waals surface area contributed by atoms with Crippen molar-refractivity contribution in [2.45, 2.75) is 13.0 Å². The number of nitrogens with one attached hydrogen (secondary N) is 1. The Balaban J connectivity index is 2.74. The van der Waals surface area contributed by atoms with Crippen LogP contribution in [0.25, 0.3) is 0 Å². The molecule has 0 spiro atoms. The van der Waals surface area contributed by atoms with Crippen LogP contribution in [0.3, 0.4) is 0 Å². The Morgan fingerprint density at radius 3 is 2.82 bits per heavy atom. The summed E-state index contributed by atoms with van der Waals surface area (Å²) in [7, 11) is 5.76. The molecule has 0 unspecified atom stereocenters. The number of hydrogen-bond acceptors (Lipinski definition) is 3. The van der Waals surface area contributed by atoms with E-state index in [9.17, 15) is 0 Å². The number of methoxy groups -OCH3 is 1. The van der Waals surface area contributed by atoms with E-state index >= 15 is 0 Å². The molecule has 1 aromatic carbocycles. The van der Waals surface area contributed by atoms with Crippen LogP contribution in [0.5, 0.6) is 0 Å². The monoisotopic (exact) mass is 256 g/mol. The smallest absolute Gasteiger partial charge is 0.0479 e. The summed E-state index contributed by atoms with van der Waals surface area (Å²) in [4.78, 5) is 2.22. The molecule has 1 rings (SSSR count). The third-order valence-corrected chi connectivity index (χ3v) is 2.90. The minimum absolute atomic E-state index is 0.776. The molecule has 0 fully saturated rings. The van der Waals surface area contributed by atoms with E-state index in [1.54, 1.807) is 7.11 Å². The number of benzene rings is 1. The molecule has 0 radical (unpaired) electrons. The molecule has 0 aliphatic carbocycles. The first-order valence-corrected chi connectivity index (χ1v) is 6.20. The van der Waals surface area contributed by atoms with E-state index in [2.05, 4.69) is 23.3 Å². The summed E-state index contributed by atoms with van der Waals surface area (Å²) in [6.07, 6.45) is 1.01. The zero-order valence-corrected chi connectivity index (χ0v) is 11.5. The molecule has 0 aliphatic heterocycles. The van der Waals surface area contributed by atoms with Gasteiger partial charge in [-0.25, -0.2) is 0 Å². The normalized spacial score (nSPS) is 10.6. The minimum atomic E-state index is 0.776. The Morgan fingerprint density at radius 2 is 2.18 bits per heavy atom. The van der Waals surface area contributed by atoms with Crippen molar-refractivity contribution in [1.29, 1.82) is 0 Å². The van der Waals surface area contributed by atoms with Crippen LogP contribution >= 0.6 is 11.6 Å². The average molecular weight is 257 g/mol. The van der Waals surface area contributed by atoms with E-state index in [0.29, 0.717) is 0 Å². The third-order valence-electron chi connectivity index (χ3n) is 2.67. The molecule has 1 aromatic rings. The second kappa shape index (κ2) is 7.54. The van der Waals surface area contributed by atoms with Gasteiger partial charge in [0.05, 0.1) is 0 Å². The summed E-state index contributed by atoms with van der Waals surface area (Å²) in [5.74, 6) is 0. The molecule has 0 aromatic heterocycles. The molecule has 3 nitrogen and oxygen atoms in total. The summed E-state index contributed by atoms with van der Waals surface area (Å²) in [5.41, 5.74) is 2.44. The van der Waals surface area contributed by atoms with E-state index < -0.39 is 0 Å². The van der Waals surface area contributed by atoms with Gasteiger partial charge in [0.1, 0.15) is 0 Å². The summed E-state index contributed by atoms with van der Waals surface area (Å²) in [6, 6.07) is 6.02. The van der Waals surface area contributed by atoms with Gasteiger partial charge in [-0.1, -0.05) is 17.7 Å². The number of rotatable bonds is 7. The van der Waals surface area contributed by atoms with Crippen LogP contribution < -0.4 is 10.2 Å². The molecule has 0 aliphatic rings. The average Bonchev–Trinajstić information content (AvgIpc) is 2.32. The quantitative estimate of drug-likeness (QED) is 0.759. The maximum Gasteiger partial charge on any atom is 0.0479 e. The van der Waals surface area contributed by atoms with Crippen molar-refractivity contribution in [3.05, 3.63) is 28.8 Å². The highest BCUT2D eigenvalue weighted by molar-refractivity contribution is 6.30. The molecule has 0 heterocycles. The van der Waals surface area contributed by atoms with Crippen LogP contribution in [-0.4, -0.2) is 34.4 Å². The maximum absolute atomic E-state index is 6.05. The minimum Gasteiger partial charge on any atom is -0.385 e. The fourth-order valence-corrected chi connectivity index (χ4v) is 1.97. The molecule has 4 heteroatoms. The van der Waals surface area contributed by atoms with Crippen molar-refractivity contribution in [2.75, 3.05) is 39.3 Å². The lowest BCUT2D eigenvalue weighted by atomic mass is 10.1. The summed E-state index contributed by atoms with van der Waals surface area (Å²) < 4.78 is 5.06. The van der Waals surface area contributed by atoms with Crippen molar-refractivity contribution in [1.82, 2.24) is 5.32 Å². The largest absolute Gasteiger partial charge is 0.385 e. The van der Waals surface area contributed by atoms with Gasteiger partial charge in [0.2, 0.25) is 0 Å². The predicted molar refractivity (Wildman–Crippen MR) is 74.0 cm³/mol. The van der Waals surface area contributed by atoms with Crippen LogP contribution in [-0.2, 0) is 11.3 Å². The summed E-state index contributed by atoms with van der Waals surface area (Å²) >= 11 is 6.05. The van der Waals surface area contributed by atoms with E-state index in [-0.39, 0.29) is 0 Å². The number of halogens is 1. The lowest BCUT2D eigenvalue weighted by Crippen LogP contribution is -2.22. The number of hydrogen-bond donors (Lipinski definition) is 1. The molecule has 0 atom stereocenters. The van der Waals surface area contributed by atoms with Gasteiger partial charge in [-0.2, -0.15) is 0 Å². The second-order valence-electron chi connectivity index (χ2n) is 4.07. The standard InChI is InChI=1S/C13H21ClN2O/c1-15-10-11-5-6-12(14)9-13(11)16(2)7-4-8-17-3/h5-6,9,15H,4,7-8,10H2,1-3H3. The van der Waals surface area contributed by atoms with Gasteiger partial charge >= 0.3 is 0 Å². The van der Waals surface area contributed by atoms with E-state index in [0.717, 1.165) is 31.1 Å². The SMILES string of the molecule is CNCc1ccc(Cl)cc1N(C)CCCOC. The number of nitrogens with zero attached hydrogens (tertiary/aromatic N) is 1. The molecule has 0 amide bonds. The van der Waals surface area contributed by atoms with Crippen LogP contribution in [0.15, 0.2) is 18.2 Å². The van der Waals surface area contributed by atoms with Crippen molar-refractivity contribution < 1.29 is 4.74 Å². The lowest BCUT2D eigenvalue weighted by Gasteiger charge is -2.22. The zero-order chi connectivity index (χ0) is 12.7.